The summed E-state index contributed by atoms with van der Waals surface area (Å²) in [5.74, 6) is 3.74. The number of nitrogens with one attached hydrogen (secondary N) is 1. The number of aliphatic hydroxyl groups is 1. The van der Waals surface area contributed by atoms with Crippen LogP contribution >= 0.6 is 0 Å². The lowest BCUT2D eigenvalue weighted by Crippen LogP contribution is -2.49. The van der Waals surface area contributed by atoms with E-state index in [9.17, 15) is 27.9 Å². The topological polar surface area (TPSA) is 114 Å². The van der Waals surface area contributed by atoms with Crippen molar-refractivity contribution in [2.75, 3.05) is 18.6 Å². The van der Waals surface area contributed by atoms with Gasteiger partial charge >= 0.3 is 6.18 Å². The summed E-state index contributed by atoms with van der Waals surface area (Å²) in [6.07, 6.45) is -3.57. The first kappa shape index (κ1) is 26.4. The molecule has 0 radical (unpaired) electrons. The number of nitrogens with zero attached hydrogens (tertiary/aromatic N) is 3. The summed E-state index contributed by atoms with van der Waals surface area (Å²) in [6, 6.07) is 13.5. The van der Waals surface area contributed by atoms with Gasteiger partial charge in [-0.2, -0.15) is 13.2 Å². The number of carbonyl (C=O) groups excluding carboxylic acids is 2. The van der Waals surface area contributed by atoms with E-state index in [2.05, 4.69) is 21.2 Å². The smallest absolute Gasteiger partial charge is 0.428 e. The number of fused-ring (bicyclic) bond motifs is 1. The number of alkyl halides is 3. The number of amides is 2. The normalized spacial score (nSPS) is 16.6. The molecule has 2 amide bonds. The summed E-state index contributed by atoms with van der Waals surface area (Å²) < 4.78 is 50.0. The van der Waals surface area contributed by atoms with E-state index >= 15 is 0 Å². The van der Waals surface area contributed by atoms with E-state index in [1.807, 2.05) is 6.07 Å². The molecule has 2 aromatic heterocycles. The molecule has 0 saturated heterocycles. The van der Waals surface area contributed by atoms with Crippen molar-refractivity contribution in [1.82, 2.24) is 15.3 Å². The second-order valence-corrected chi connectivity index (χ2v) is 8.36. The molecule has 2 atom stereocenters. The standard InChI is InChI=1S/C26H21F3N4O5/c1-25(36,26(27,28)29)12-10-16-8-9-21-22(31-16)33(2)24(35)20(15-37-21)32-23(34)19-14-18(11-13-30-19)38-17-6-4-3-5-7-17/h3-9,11,13-14,20,36H,15H2,1-2H3,(H,32,34)/t20-,25?/m0/s1. The molecule has 3 aromatic rings. The van der Waals surface area contributed by atoms with E-state index < -0.39 is 29.6 Å². The van der Waals surface area contributed by atoms with Gasteiger partial charge in [-0.05, 0) is 43.2 Å². The van der Waals surface area contributed by atoms with Crippen LogP contribution in [0.3, 0.4) is 0 Å². The number of ether oxygens (including phenoxy) is 2. The molecule has 1 aromatic carbocycles. The van der Waals surface area contributed by atoms with Crippen LogP contribution in [0.1, 0.15) is 23.1 Å². The summed E-state index contributed by atoms with van der Waals surface area (Å²) in [6.45, 7) is 0.283. The quantitative estimate of drug-likeness (QED) is 0.503. The van der Waals surface area contributed by atoms with Gasteiger partial charge in [-0.15, -0.1) is 0 Å². The molecule has 0 aliphatic carbocycles. The van der Waals surface area contributed by atoms with E-state index in [4.69, 9.17) is 9.47 Å². The van der Waals surface area contributed by atoms with Gasteiger partial charge in [-0.3, -0.25) is 19.5 Å². The number of likely N-dealkylation sites (N-methyl/N-ethyl adjacent to an activating group) is 1. The highest BCUT2D eigenvalue weighted by Crippen LogP contribution is 2.31. The van der Waals surface area contributed by atoms with Gasteiger partial charge in [-0.25, -0.2) is 4.98 Å². The third kappa shape index (κ3) is 5.84. The maximum absolute atomic E-state index is 13.1. The number of halogens is 3. The lowest BCUT2D eigenvalue weighted by molar-refractivity contribution is -0.228. The monoisotopic (exact) mass is 526 g/mol. The molecule has 0 fully saturated rings. The zero-order valence-corrected chi connectivity index (χ0v) is 20.1. The summed E-state index contributed by atoms with van der Waals surface area (Å²) in [4.78, 5) is 35.2. The minimum absolute atomic E-state index is 0.00282. The van der Waals surface area contributed by atoms with Crippen LogP contribution in [0.5, 0.6) is 17.2 Å². The number of hydrogen-bond acceptors (Lipinski definition) is 7. The lowest BCUT2D eigenvalue weighted by Gasteiger charge is -2.20. The molecule has 12 heteroatoms. The van der Waals surface area contributed by atoms with Crippen molar-refractivity contribution in [3.05, 3.63) is 72.2 Å². The van der Waals surface area contributed by atoms with E-state index in [0.717, 1.165) is 4.90 Å². The Labute approximate surface area is 215 Å². The summed E-state index contributed by atoms with van der Waals surface area (Å²) in [5, 5.41) is 12.1. The molecule has 38 heavy (non-hydrogen) atoms. The van der Waals surface area contributed by atoms with Crippen molar-refractivity contribution in [1.29, 1.82) is 0 Å². The zero-order valence-electron chi connectivity index (χ0n) is 20.1. The highest BCUT2D eigenvalue weighted by molar-refractivity contribution is 6.02. The van der Waals surface area contributed by atoms with E-state index in [1.165, 1.54) is 31.4 Å². The minimum atomic E-state index is -4.96. The number of pyridine rings is 2. The van der Waals surface area contributed by atoms with Crippen LogP contribution in [0, 0.1) is 11.8 Å². The molecule has 1 aliphatic heterocycles. The minimum Gasteiger partial charge on any atom is -0.487 e. The van der Waals surface area contributed by atoms with Crippen molar-refractivity contribution in [2.24, 2.45) is 0 Å². The van der Waals surface area contributed by atoms with E-state index in [0.29, 0.717) is 18.4 Å². The molecule has 9 nitrogen and oxygen atoms in total. The summed E-state index contributed by atoms with van der Waals surface area (Å²) in [5.41, 5.74) is -3.37. The Morgan fingerprint density at radius 2 is 1.92 bits per heavy atom. The van der Waals surface area contributed by atoms with Crippen molar-refractivity contribution < 1.29 is 37.3 Å². The maximum Gasteiger partial charge on any atom is 0.428 e. The number of hydrogen-bond donors (Lipinski definition) is 2. The second-order valence-electron chi connectivity index (χ2n) is 8.36. The predicted molar refractivity (Wildman–Crippen MR) is 129 cm³/mol. The van der Waals surface area contributed by atoms with Crippen LogP contribution in [0.15, 0.2) is 60.8 Å². The fourth-order valence-corrected chi connectivity index (χ4v) is 3.26. The average molecular weight is 526 g/mol. The Balaban J connectivity index is 1.49. The molecule has 0 saturated carbocycles. The van der Waals surface area contributed by atoms with Gasteiger partial charge in [0, 0.05) is 19.3 Å². The van der Waals surface area contributed by atoms with Crippen molar-refractivity contribution in [3.8, 4) is 29.1 Å². The van der Waals surface area contributed by atoms with Gasteiger partial charge in [0.05, 0.1) is 0 Å². The van der Waals surface area contributed by atoms with Gasteiger partial charge in [0.15, 0.2) is 11.6 Å². The number of para-hydroxylation sites is 1. The number of aromatic nitrogens is 2. The van der Waals surface area contributed by atoms with Gasteiger partial charge < -0.3 is 19.9 Å². The summed E-state index contributed by atoms with van der Waals surface area (Å²) >= 11 is 0. The molecular formula is C26H21F3N4O5. The fraction of sp³-hybridized carbons (Fsp3) is 0.231. The van der Waals surface area contributed by atoms with E-state index in [1.54, 1.807) is 36.3 Å². The molecular weight excluding hydrogens is 505 g/mol. The molecule has 0 spiro atoms. The highest BCUT2D eigenvalue weighted by atomic mass is 19.4. The number of anilines is 1. The maximum atomic E-state index is 13.1. The Bertz CT molecular complexity index is 1420. The van der Waals surface area contributed by atoms with Crippen LogP contribution in [-0.4, -0.2) is 58.4 Å². The number of carbonyl (C=O) groups is 2. The first-order valence-electron chi connectivity index (χ1n) is 11.2. The van der Waals surface area contributed by atoms with Crippen LogP contribution in [0.2, 0.25) is 0 Å². The fourth-order valence-electron chi connectivity index (χ4n) is 3.26. The molecule has 1 unspecified atom stereocenters. The Kier molecular flexibility index (Phi) is 7.23. The van der Waals surface area contributed by atoms with Gasteiger partial charge in [0.1, 0.15) is 35.5 Å². The largest absolute Gasteiger partial charge is 0.487 e. The molecule has 196 valence electrons. The molecule has 0 bridgehead atoms. The Morgan fingerprint density at radius 3 is 2.63 bits per heavy atom. The lowest BCUT2D eigenvalue weighted by atomic mass is 10.1. The molecule has 4 rings (SSSR count). The van der Waals surface area contributed by atoms with Crippen molar-refractivity contribution in [3.63, 3.8) is 0 Å². The number of benzene rings is 1. The van der Waals surface area contributed by atoms with Crippen LogP contribution in [-0.2, 0) is 4.79 Å². The van der Waals surface area contributed by atoms with Gasteiger partial charge in [0.25, 0.3) is 11.8 Å². The Morgan fingerprint density at radius 1 is 1.18 bits per heavy atom. The third-order valence-corrected chi connectivity index (χ3v) is 5.43. The predicted octanol–water partition coefficient (Wildman–Crippen LogP) is 3.09. The number of rotatable bonds is 4. The van der Waals surface area contributed by atoms with Crippen LogP contribution in [0.25, 0.3) is 0 Å². The van der Waals surface area contributed by atoms with Crippen LogP contribution in [0.4, 0.5) is 19.0 Å². The van der Waals surface area contributed by atoms with E-state index in [-0.39, 0.29) is 29.6 Å². The summed E-state index contributed by atoms with van der Waals surface area (Å²) in [7, 11) is 1.37. The van der Waals surface area contributed by atoms with Crippen molar-refractivity contribution in [2.45, 2.75) is 24.7 Å². The first-order valence-corrected chi connectivity index (χ1v) is 11.2. The molecule has 1 aliphatic rings. The SMILES string of the molecule is CN1C(=O)[C@@H](NC(=O)c2cc(Oc3ccccc3)ccn2)COc2ccc(C#CC(C)(O)C(F)(F)F)nc21. The highest BCUT2D eigenvalue weighted by Gasteiger charge is 2.49. The van der Waals surface area contributed by atoms with Crippen LogP contribution < -0.4 is 19.7 Å². The molecule has 3 heterocycles. The Hall–Kier alpha value is -4.63. The first-order chi connectivity index (χ1) is 17.9. The van der Waals surface area contributed by atoms with Crippen molar-refractivity contribution >= 4 is 17.6 Å². The second kappa shape index (κ2) is 10.4. The molecule has 2 N–H and O–H groups in total. The average Bonchev–Trinajstić information content (AvgIpc) is 2.99. The van der Waals surface area contributed by atoms with Gasteiger partial charge in [0.2, 0.25) is 5.60 Å². The van der Waals surface area contributed by atoms with Gasteiger partial charge in [-0.1, -0.05) is 24.1 Å². The third-order valence-electron chi connectivity index (χ3n) is 5.43. The zero-order chi connectivity index (χ0) is 27.5.